The van der Waals surface area contributed by atoms with Gasteiger partial charge in [0.2, 0.25) is 0 Å². The predicted octanol–water partition coefficient (Wildman–Crippen LogP) is 0.954. The van der Waals surface area contributed by atoms with Gasteiger partial charge < -0.3 is 9.74 Å². The number of nitrogens with two attached hydrogens (primary N) is 1. The number of rotatable bonds is 4. The lowest BCUT2D eigenvalue weighted by Crippen LogP contribution is -2.40. The number of piperidine rings is 1. The maximum absolute atomic E-state index is 11.1. The summed E-state index contributed by atoms with van der Waals surface area (Å²) in [6.07, 6.45) is 8.68. The number of likely N-dealkylation sites (tertiary alicyclic amines) is 1. The Morgan fingerprint density at radius 1 is 1.24 bits per heavy atom. The van der Waals surface area contributed by atoms with Crippen molar-refractivity contribution in [3.8, 4) is 0 Å². The number of hydrogen-bond acceptors (Lipinski definition) is 5. The molecule has 98 valence electrons. The van der Waals surface area contributed by atoms with Gasteiger partial charge in [-0.1, -0.05) is 18.4 Å². The Kier molecular flexibility index (Phi) is 4.36. The van der Waals surface area contributed by atoms with Crippen LogP contribution in [0.25, 0.3) is 0 Å². The lowest BCUT2D eigenvalue weighted by Gasteiger charge is -2.39. The molecule has 2 rings (SSSR count). The molecule has 5 heteroatoms. The smallest absolute Gasteiger partial charge is 0.327 e. The van der Waals surface area contributed by atoms with E-state index in [1.807, 2.05) is 5.59 Å². The third-order valence-corrected chi connectivity index (χ3v) is 4.39. The van der Waals surface area contributed by atoms with Crippen LogP contribution in [0.15, 0.2) is 0 Å². The summed E-state index contributed by atoms with van der Waals surface area (Å²) >= 11 is 0. The van der Waals surface area contributed by atoms with E-state index in [1.54, 1.807) is 0 Å². The quantitative estimate of drug-likeness (QED) is 0.566. The highest BCUT2D eigenvalue weighted by molar-refractivity contribution is 5.69. The van der Waals surface area contributed by atoms with Crippen LogP contribution < -0.4 is 11.4 Å². The molecule has 1 spiro atoms. The first-order valence-electron chi connectivity index (χ1n) is 6.62. The first-order chi connectivity index (χ1) is 8.24. The minimum absolute atomic E-state index is 0.284. The molecule has 1 saturated carbocycles. The van der Waals surface area contributed by atoms with Crippen LogP contribution in [0.3, 0.4) is 0 Å². The van der Waals surface area contributed by atoms with Gasteiger partial charge in [0.15, 0.2) is 0 Å². The molecule has 3 N–H and O–H groups in total. The normalized spacial score (nSPS) is 24.1. The van der Waals surface area contributed by atoms with Crippen LogP contribution in [0.1, 0.15) is 44.9 Å². The first-order valence-corrected chi connectivity index (χ1v) is 6.62. The highest BCUT2D eigenvalue weighted by Crippen LogP contribution is 2.45. The van der Waals surface area contributed by atoms with E-state index >= 15 is 0 Å². The second-order valence-corrected chi connectivity index (χ2v) is 5.39. The highest BCUT2D eigenvalue weighted by atomic mass is 16.7. The summed E-state index contributed by atoms with van der Waals surface area (Å²) in [4.78, 5) is 18.0. The van der Waals surface area contributed by atoms with Crippen molar-refractivity contribution in [1.29, 1.82) is 0 Å². The molecule has 0 bridgehead atoms. The number of nitrogens with zero attached hydrogens (tertiary/aromatic N) is 1. The van der Waals surface area contributed by atoms with Crippen molar-refractivity contribution in [2.45, 2.75) is 44.9 Å². The summed E-state index contributed by atoms with van der Waals surface area (Å²) in [5.74, 6) is 4.63. The number of hydrogen-bond donors (Lipinski definition) is 2. The van der Waals surface area contributed by atoms with Gasteiger partial charge in [-0.15, -0.1) is 0 Å². The molecule has 0 unspecified atom stereocenters. The second kappa shape index (κ2) is 5.80. The average Bonchev–Trinajstić information content (AvgIpc) is 2.78. The van der Waals surface area contributed by atoms with E-state index in [0.717, 1.165) is 19.6 Å². The lowest BCUT2D eigenvalue weighted by molar-refractivity contribution is -0.151. The summed E-state index contributed by atoms with van der Waals surface area (Å²) in [5.41, 5.74) is 2.58. The monoisotopic (exact) mass is 241 g/mol. The first kappa shape index (κ1) is 12.8. The standard InChI is InChI=1S/C12H23N3O2/c13-14-17-11(16)3-8-15-9-6-12(7-10-15)4-1-2-5-12/h14H,1-10,13H2. The van der Waals surface area contributed by atoms with Gasteiger partial charge in [0.25, 0.3) is 0 Å². The minimum atomic E-state index is -0.284. The van der Waals surface area contributed by atoms with E-state index in [1.165, 1.54) is 38.5 Å². The zero-order valence-corrected chi connectivity index (χ0v) is 10.4. The summed E-state index contributed by atoms with van der Waals surface area (Å²) in [7, 11) is 0. The number of nitrogens with one attached hydrogen (secondary N) is 1. The maximum atomic E-state index is 11.1. The van der Waals surface area contributed by atoms with Crippen LogP contribution in [-0.2, 0) is 9.63 Å². The van der Waals surface area contributed by atoms with Crippen LogP contribution >= 0.6 is 0 Å². The van der Waals surface area contributed by atoms with Gasteiger partial charge in [-0.25, -0.2) is 5.84 Å². The fourth-order valence-electron chi connectivity index (χ4n) is 3.24. The van der Waals surface area contributed by atoms with Crippen LogP contribution in [0.4, 0.5) is 0 Å². The van der Waals surface area contributed by atoms with Crippen molar-refractivity contribution in [3.63, 3.8) is 0 Å². The highest BCUT2D eigenvalue weighted by Gasteiger charge is 2.36. The Labute approximate surface area is 103 Å². The summed E-state index contributed by atoms with van der Waals surface area (Å²) < 4.78 is 0. The van der Waals surface area contributed by atoms with Gasteiger partial charge in [-0.3, -0.25) is 4.79 Å². The zero-order valence-electron chi connectivity index (χ0n) is 10.4. The predicted molar refractivity (Wildman–Crippen MR) is 64.6 cm³/mol. The van der Waals surface area contributed by atoms with E-state index in [-0.39, 0.29) is 5.97 Å². The molecule has 2 fully saturated rings. The topological polar surface area (TPSA) is 67.6 Å². The second-order valence-electron chi connectivity index (χ2n) is 5.39. The van der Waals surface area contributed by atoms with E-state index in [4.69, 9.17) is 5.84 Å². The molecule has 0 aromatic rings. The van der Waals surface area contributed by atoms with Crippen molar-refractivity contribution in [2.24, 2.45) is 11.3 Å². The SMILES string of the molecule is NNOC(=O)CCN1CCC2(CCCC2)CC1. The number of carbonyl (C=O) groups is 1. The molecule has 0 aromatic carbocycles. The van der Waals surface area contributed by atoms with Crippen LogP contribution in [0.2, 0.25) is 0 Å². The molecular weight excluding hydrogens is 218 g/mol. The van der Waals surface area contributed by atoms with Crippen LogP contribution in [-0.4, -0.2) is 30.5 Å². The van der Waals surface area contributed by atoms with E-state index in [0.29, 0.717) is 11.8 Å². The van der Waals surface area contributed by atoms with Crippen molar-refractivity contribution >= 4 is 5.97 Å². The molecule has 1 heterocycles. The Morgan fingerprint density at radius 3 is 2.47 bits per heavy atom. The molecule has 1 aliphatic carbocycles. The molecule has 0 atom stereocenters. The fraction of sp³-hybridized carbons (Fsp3) is 0.917. The zero-order chi connectivity index (χ0) is 12.1. The molecule has 0 radical (unpaired) electrons. The van der Waals surface area contributed by atoms with Gasteiger partial charge in [0, 0.05) is 6.54 Å². The molecule has 2 aliphatic rings. The van der Waals surface area contributed by atoms with Crippen molar-refractivity contribution in [2.75, 3.05) is 19.6 Å². The molecule has 0 amide bonds. The van der Waals surface area contributed by atoms with Crippen molar-refractivity contribution in [3.05, 3.63) is 0 Å². The van der Waals surface area contributed by atoms with Gasteiger partial charge in [-0.05, 0) is 44.2 Å². The van der Waals surface area contributed by atoms with Crippen LogP contribution in [0.5, 0.6) is 0 Å². The van der Waals surface area contributed by atoms with E-state index < -0.39 is 0 Å². The lowest BCUT2D eigenvalue weighted by atomic mass is 9.77. The molecule has 1 saturated heterocycles. The van der Waals surface area contributed by atoms with Crippen molar-refractivity contribution < 1.29 is 9.63 Å². The molecular formula is C12H23N3O2. The summed E-state index contributed by atoms with van der Waals surface area (Å²) in [6.45, 7) is 3.04. The van der Waals surface area contributed by atoms with Gasteiger partial charge in [0.05, 0.1) is 6.42 Å². The number of carbonyl (C=O) groups excluding carboxylic acids is 1. The Bertz CT molecular complexity index is 254. The molecule has 1 aliphatic heterocycles. The maximum Gasteiger partial charge on any atom is 0.327 e. The van der Waals surface area contributed by atoms with Gasteiger partial charge in [0.1, 0.15) is 0 Å². The Balaban J connectivity index is 1.67. The fourth-order valence-corrected chi connectivity index (χ4v) is 3.24. The molecule has 0 aromatic heterocycles. The van der Waals surface area contributed by atoms with Crippen molar-refractivity contribution in [1.82, 2.24) is 10.5 Å². The average molecular weight is 241 g/mol. The van der Waals surface area contributed by atoms with Crippen LogP contribution in [0, 0.1) is 5.41 Å². The van der Waals surface area contributed by atoms with Gasteiger partial charge >= 0.3 is 5.97 Å². The van der Waals surface area contributed by atoms with E-state index in [2.05, 4.69) is 9.74 Å². The molecule has 5 nitrogen and oxygen atoms in total. The Hall–Kier alpha value is -0.650. The largest absolute Gasteiger partial charge is 0.356 e. The number of hydrazine groups is 1. The van der Waals surface area contributed by atoms with E-state index in [9.17, 15) is 4.79 Å². The molecule has 17 heavy (non-hydrogen) atoms. The third kappa shape index (κ3) is 3.40. The Morgan fingerprint density at radius 2 is 1.88 bits per heavy atom. The summed E-state index contributed by atoms with van der Waals surface area (Å²) in [5, 5.41) is 0. The third-order valence-electron chi connectivity index (χ3n) is 4.39. The minimum Gasteiger partial charge on any atom is -0.356 e. The summed E-state index contributed by atoms with van der Waals surface area (Å²) in [6, 6.07) is 0. The van der Waals surface area contributed by atoms with Gasteiger partial charge in [-0.2, -0.15) is 0 Å².